The molecule has 0 bridgehead atoms. The standard InChI is InChI=1S/C16H24N2O2/c1-11-6-4-5-7-14(11)18-13-8-9-15(17-12(2)19)16(10-13)20-3/h8-11,14,18H,4-7H2,1-3H3,(H,17,19). The topological polar surface area (TPSA) is 50.4 Å². The predicted molar refractivity (Wildman–Crippen MR) is 82.3 cm³/mol. The van der Waals surface area contributed by atoms with Gasteiger partial charge in [0.15, 0.2) is 0 Å². The van der Waals surface area contributed by atoms with Crippen LogP contribution in [-0.2, 0) is 4.79 Å². The van der Waals surface area contributed by atoms with E-state index >= 15 is 0 Å². The number of rotatable bonds is 4. The molecule has 20 heavy (non-hydrogen) atoms. The van der Waals surface area contributed by atoms with Crippen LogP contribution in [-0.4, -0.2) is 19.1 Å². The Kier molecular flexibility index (Phi) is 4.88. The number of amides is 1. The Labute approximate surface area is 120 Å². The number of nitrogens with one attached hydrogen (secondary N) is 2. The number of hydrogen-bond acceptors (Lipinski definition) is 3. The molecule has 4 nitrogen and oxygen atoms in total. The van der Waals surface area contributed by atoms with E-state index in [9.17, 15) is 4.79 Å². The van der Waals surface area contributed by atoms with Crippen molar-refractivity contribution in [3.63, 3.8) is 0 Å². The van der Waals surface area contributed by atoms with E-state index in [4.69, 9.17) is 4.74 Å². The molecule has 1 aromatic rings. The second kappa shape index (κ2) is 6.64. The minimum Gasteiger partial charge on any atom is -0.494 e. The van der Waals surface area contributed by atoms with Gasteiger partial charge in [-0.1, -0.05) is 19.8 Å². The highest BCUT2D eigenvalue weighted by atomic mass is 16.5. The predicted octanol–water partition coefficient (Wildman–Crippen LogP) is 3.64. The van der Waals surface area contributed by atoms with Gasteiger partial charge in [-0.25, -0.2) is 0 Å². The van der Waals surface area contributed by atoms with Crippen LogP contribution in [0.4, 0.5) is 11.4 Å². The van der Waals surface area contributed by atoms with Gasteiger partial charge in [0.2, 0.25) is 5.91 Å². The van der Waals surface area contributed by atoms with E-state index in [0.717, 1.165) is 5.69 Å². The molecule has 2 rings (SSSR count). The summed E-state index contributed by atoms with van der Waals surface area (Å²) < 4.78 is 5.35. The van der Waals surface area contributed by atoms with E-state index in [-0.39, 0.29) is 5.91 Å². The maximum absolute atomic E-state index is 11.1. The van der Waals surface area contributed by atoms with Crippen LogP contribution >= 0.6 is 0 Å². The van der Waals surface area contributed by atoms with Gasteiger partial charge < -0.3 is 15.4 Å². The molecular weight excluding hydrogens is 252 g/mol. The van der Waals surface area contributed by atoms with Gasteiger partial charge in [0.1, 0.15) is 5.75 Å². The Morgan fingerprint density at radius 2 is 2.05 bits per heavy atom. The first-order valence-corrected chi connectivity index (χ1v) is 7.32. The Bertz CT molecular complexity index is 474. The third-order valence-corrected chi connectivity index (χ3v) is 3.98. The highest BCUT2D eigenvalue weighted by molar-refractivity contribution is 5.90. The lowest BCUT2D eigenvalue weighted by atomic mass is 9.86. The molecule has 1 amide bonds. The zero-order valence-corrected chi connectivity index (χ0v) is 12.5. The monoisotopic (exact) mass is 276 g/mol. The molecule has 1 aromatic carbocycles. The van der Waals surface area contributed by atoms with Crippen molar-refractivity contribution in [1.82, 2.24) is 0 Å². The first kappa shape index (κ1) is 14.7. The molecule has 1 fully saturated rings. The average Bonchev–Trinajstić information content (AvgIpc) is 2.42. The summed E-state index contributed by atoms with van der Waals surface area (Å²) in [6.07, 6.45) is 5.14. The van der Waals surface area contributed by atoms with Crippen LogP contribution in [0.1, 0.15) is 39.5 Å². The third kappa shape index (κ3) is 3.65. The molecule has 0 heterocycles. The van der Waals surface area contributed by atoms with Crippen LogP contribution in [0, 0.1) is 5.92 Å². The van der Waals surface area contributed by atoms with Crippen LogP contribution in [0.3, 0.4) is 0 Å². The second-order valence-electron chi connectivity index (χ2n) is 5.61. The first-order valence-electron chi connectivity index (χ1n) is 7.32. The number of carbonyl (C=O) groups excluding carboxylic acids is 1. The molecule has 0 saturated heterocycles. The summed E-state index contributed by atoms with van der Waals surface area (Å²) in [5.74, 6) is 1.29. The first-order chi connectivity index (χ1) is 9.60. The molecule has 0 spiro atoms. The number of carbonyl (C=O) groups is 1. The summed E-state index contributed by atoms with van der Waals surface area (Å²) in [5, 5.41) is 6.37. The normalized spacial score (nSPS) is 22.1. The number of hydrogen-bond donors (Lipinski definition) is 2. The number of benzene rings is 1. The Balaban J connectivity index is 2.10. The molecule has 110 valence electrons. The molecular formula is C16H24N2O2. The van der Waals surface area contributed by atoms with Crippen LogP contribution in [0.2, 0.25) is 0 Å². The number of anilines is 2. The van der Waals surface area contributed by atoms with E-state index in [2.05, 4.69) is 17.6 Å². The minimum absolute atomic E-state index is 0.0927. The van der Waals surface area contributed by atoms with Gasteiger partial charge in [-0.3, -0.25) is 4.79 Å². The van der Waals surface area contributed by atoms with Gasteiger partial charge >= 0.3 is 0 Å². The minimum atomic E-state index is -0.0927. The van der Waals surface area contributed by atoms with Crippen LogP contribution < -0.4 is 15.4 Å². The summed E-state index contributed by atoms with van der Waals surface area (Å²) in [5.41, 5.74) is 1.76. The zero-order chi connectivity index (χ0) is 14.5. The molecule has 0 radical (unpaired) electrons. The van der Waals surface area contributed by atoms with Crippen molar-refractivity contribution in [3.8, 4) is 5.75 Å². The lowest BCUT2D eigenvalue weighted by molar-refractivity contribution is -0.114. The Morgan fingerprint density at radius 3 is 2.70 bits per heavy atom. The van der Waals surface area contributed by atoms with Crippen LogP contribution in [0.5, 0.6) is 5.75 Å². The number of methoxy groups -OCH3 is 1. The van der Waals surface area contributed by atoms with Crippen LogP contribution in [0.25, 0.3) is 0 Å². The van der Waals surface area contributed by atoms with Crippen LogP contribution in [0.15, 0.2) is 18.2 Å². The van der Waals surface area contributed by atoms with Gasteiger partial charge in [-0.2, -0.15) is 0 Å². The van der Waals surface area contributed by atoms with E-state index in [1.807, 2.05) is 18.2 Å². The largest absolute Gasteiger partial charge is 0.494 e. The molecule has 0 aromatic heterocycles. The summed E-state index contributed by atoms with van der Waals surface area (Å²) in [7, 11) is 1.62. The average molecular weight is 276 g/mol. The Hall–Kier alpha value is -1.71. The molecule has 2 atom stereocenters. The fourth-order valence-corrected chi connectivity index (χ4v) is 2.82. The lowest BCUT2D eigenvalue weighted by Gasteiger charge is -2.30. The maximum Gasteiger partial charge on any atom is 0.221 e. The molecule has 0 aliphatic heterocycles. The third-order valence-electron chi connectivity index (χ3n) is 3.98. The van der Waals surface area contributed by atoms with Gasteiger partial charge in [0.25, 0.3) is 0 Å². The maximum atomic E-state index is 11.1. The summed E-state index contributed by atoms with van der Waals surface area (Å²) >= 11 is 0. The van der Waals surface area contributed by atoms with Crippen molar-refractivity contribution >= 4 is 17.3 Å². The number of ether oxygens (including phenoxy) is 1. The molecule has 2 unspecified atom stereocenters. The van der Waals surface area contributed by atoms with Crippen molar-refractivity contribution in [2.75, 3.05) is 17.7 Å². The SMILES string of the molecule is COc1cc(NC2CCCCC2C)ccc1NC(C)=O. The van der Waals surface area contributed by atoms with Gasteiger partial charge in [-0.15, -0.1) is 0 Å². The molecule has 4 heteroatoms. The van der Waals surface area contributed by atoms with Crippen molar-refractivity contribution in [2.24, 2.45) is 5.92 Å². The van der Waals surface area contributed by atoms with Gasteiger partial charge in [-0.05, 0) is 30.9 Å². The highest BCUT2D eigenvalue weighted by Crippen LogP contribution is 2.31. The van der Waals surface area contributed by atoms with Crippen molar-refractivity contribution in [3.05, 3.63) is 18.2 Å². The van der Waals surface area contributed by atoms with Gasteiger partial charge in [0.05, 0.1) is 12.8 Å². The smallest absolute Gasteiger partial charge is 0.221 e. The highest BCUT2D eigenvalue weighted by Gasteiger charge is 2.21. The second-order valence-corrected chi connectivity index (χ2v) is 5.61. The molecule has 1 aliphatic rings. The quantitative estimate of drug-likeness (QED) is 0.882. The van der Waals surface area contributed by atoms with E-state index < -0.39 is 0 Å². The Morgan fingerprint density at radius 1 is 1.30 bits per heavy atom. The van der Waals surface area contributed by atoms with E-state index in [1.165, 1.54) is 32.6 Å². The van der Waals surface area contributed by atoms with Gasteiger partial charge in [0, 0.05) is 24.7 Å². The molecule has 1 aliphatic carbocycles. The summed E-state index contributed by atoms with van der Waals surface area (Å²) in [6.45, 7) is 3.80. The van der Waals surface area contributed by atoms with Crippen molar-refractivity contribution in [2.45, 2.75) is 45.6 Å². The summed E-state index contributed by atoms with van der Waals surface area (Å²) in [4.78, 5) is 11.1. The molecule has 2 N–H and O–H groups in total. The lowest BCUT2D eigenvalue weighted by Crippen LogP contribution is -2.30. The van der Waals surface area contributed by atoms with Crippen molar-refractivity contribution in [1.29, 1.82) is 0 Å². The van der Waals surface area contributed by atoms with E-state index in [1.54, 1.807) is 7.11 Å². The summed E-state index contributed by atoms with van der Waals surface area (Å²) in [6, 6.07) is 6.36. The fraction of sp³-hybridized carbons (Fsp3) is 0.562. The fourth-order valence-electron chi connectivity index (χ4n) is 2.82. The zero-order valence-electron chi connectivity index (χ0n) is 12.5. The van der Waals surface area contributed by atoms with Crippen molar-refractivity contribution < 1.29 is 9.53 Å². The van der Waals surface area contributed by atoms with E-state index in [0.29, 0.717) is 23.4 Å². The molecule has 1 saturated carbocycles.